The van der Waals surface area contributed by atoms with Crippen LogP contribution in [0.5, 0.6) is 0 Å². The molecule has 0 aromatic carbocycles. The van der Waals surface area contributed by atoms with Gasteiger partial charge in [0.1, 0.15) is 0 Å². The lowest BCUT2D eigenvalue weighted by Gasteiger charge is -2.28. The lowest BCUT2D eigenvalue weighted by Crippen LogP contribution is -2.44. The highest BCUT2D eigenvalue weighted by atomic mass is 16.3. The van der Waals surface area contributed by atoms with Gasteiger partial charge in [-0.2, -0.15) is 0 Å². The summed E-state index contributed by atoms with van der Waals surface area (Å²) in [5.74, 6) is 0.225. The second-order valence-electron chi connectivity index (χ2n) is 6.09. The third kappa shape index (κ3) is 2.61. The van der Waals surface area contributed by atoms with Crippen molar-refractivity contribution >= 4 is 11.8 Å². The maximum Gasteiger partial charge on any atom is 0.228 e. The zero-order valence-corrected chi connectivity index (χ0v) is 12.0. The molecule has 3 atom stereocenters. The van der Waals surface area contributed by atoms with Gasteiger partial charge < -0.3 is 14.9 Å². The van der Waals surface area contributed by atoms with Gasteiger partial charge in [0.15, 0.2) is 0 Å². The Labute approximate surface area is 114 Å². The van der Waals surface area contributed by atoms with Gasteiger partial charge in [-0.25, -0.2) is 0 Å². The molecule has 2 aliphatic heterocycles. The Morgan fingerprint density at radius 2 is 2.16 bits per heavy atom. The standard InChI is InChI=1S/C14H24N2O3/c1-9(2)16-7-11(6-13(16)18)14(19)15-5-4-10(3)12(15)8-17/h9-12,17H,4-8H2,1-3H3. The molecule has 2 fully saturated rings. The first-order valence-corrected chi connectivity index (χ1v) is 7.16. The van der Waals surface area contributed by atoms with Crippen molar-refractivity contribution in [2.45, 2.75) is 45.7 Å². The lowest BCUT2D eigenvalue weighted by molar-refractivity contribution is -0.137. The van der Waals surface area contributed by atoms with E-state index in [1.165, 1.54) is 0 Å². The molecule has 2 rings (SSSR count). The Bertz CT molecular complexity index is 370. The number of carbonyl (C=O) groups is 2. The minimum Gasteiger partial charge on any atom is -0.394 e. The molecule has 19 heavy (non-hydrogen) atoms. The fourth-order valence-corrected chi connectivity index (χ4v) is 3.19. The summed E-state index contributed by atoms with van der Waals surface area (Å²) in [6.07, 6.45) is 1.26. The van der Waals surface area contributed by atoms with Gasteiger partial charge in [0.2, 0.25) is 11.8 Å². The molecule has 0 spiro atoms. The predicted octanol–water partition coefficient (Wildman–Crippen LogP) is 0.473. The largest absolute Gasteiger partial charge is 0.394 e. The minimum atomic E-state index is -0.228. The van der Waals surface area contributed by atoms with Crippen molar-refractivity contribution in [1.82, 2.24) is 9.80 Å². The van der Waals surface area contributed by atoms with Crippen molar-refractivity contribution < 1.29 is 14.7 Å². The van der Waals surface area contributed by atoms with Crippen LogP contribution in [0.1, 0.15) is 33.6 Å². The van der Waals surface area contributed by atoms with E-state index in [1.54, 1.807) is 9.80 Å². The van der Waals surface area contributed by atoms with Gasteiger partial charge >= 0.3 is 0 Å². The molecule has 2 heterocycles. The molecule has 0 aromatic heterocycles. The van der Waals surface area contributed by atoms with Gasteiger partial charge in [-0.15, -0.1) is 0 Å². The Kier molecular flexibility index (Phi) is 4.13. The van der Waals surface area contributed by atoms with E-state index in [-0.39, 0.29) is 36.4 Å². The van der Waals surface area contributed by atoms with Gasteiger partial charge in [0, 0.05) is 25.6 Å². The number of aliphatic hydroxyl groups is 1. The average Bonchev–Trinajstić information content (AvgIpc) is 2.91. The topological polar surface area (TPSA) is 60.9 Å². The van der Waals surface area contributed by atoms with Crippen molar-refractivity contribution in [2.24, 2.45) is 11.8 Å². The van der Waals surface area contributed by atoms with Crippen LogP contribution in [0.15, 0.2) is 0 Å². The fraction of sp³-hybridized carbons (Fsp3) is 0.857. The second-order valence-corrected chi connectivity index (χ2v) is 6.09. The number of nitrogens with zero attached hydrogens (tertiary/aromatic N) is 2. The molecule has 5 nitrogen and oxygen atoms in total. The van der Waals surface area contributed by atoms with Gasteiger partial charge in [-0.3, -0.25) is 9.59 Å². The van der Waals surface area contributed by atoms with E-state index >= 15 is 0 Å². The number of rotatable bonds is 3. The monoisotopic (exact) mass is 268 g/mol. The number of aliphatic hydroxyl groups excluding tert-OH is 1. The number of hydrogen-bond donors (Lipinski definition) is 1. The maximum atomic E-state index is 12.5. The van der Waals surface area contributed by atoms with Crippen LogP contribution in [-0.4, -0.2) is 58.5 Å². The van der Waals surface area contributed by atoms with Crippen LogP contribution in [0.3, 0.4) is 0 Å². The van der Waals surface area contributed by atoms with Gasteiger partial charge in [-0.1, -0.05) is 6.92 Å². The Hall–Kier alpha value is -1.10. The van der Waals surface area contributed by atoms with Crippen LogP contribution in [0.25, 0.3) is 0 Å². The number of carbonyl (C=O) groups excluding carboxylic acids is 2. The molecule has 0 aromatic rings. The molecule has 2 saturated heterocycles. The zero-order chi connectivity index (χ0) is 14.2. The highest BCUT2D eigenvalue weighted by Crippen LogP contribution is 2.29. The number of likely N-dealkylation sites (tertiary alicyclic amines) is 2. The summed E-state index contributed by atoms with van der Waals surface area (Å²) < 4.78 is 0. The summed E-state index contributed by atoms with van der Waals surface area (Å²) >= 11 is 0. The lowest BCUT2D eigenvalue weighted by atomic mass is 10.0. The highest BCUT2D eigenvalue weighted by molar-refractivity contribution is 5.89. The molecule has 0 aliphatic carbocycles. The zero-order valence-electron chi connectivity index (χ0n) is 12.0. The van der Waals surface area contributed by atoms with Crippen molar-refractivity contribution in [1.29, 1.82) is 0 Å². The Morgan fingerprint density at radius 3 is 2.68 bits per heavy atom. The molecule has 2 aliphatic rings. The smallest absolute Gasteiger partial charge is 0.228 e. The molecule has 2 amide bonds. The quantitative estimate of drug-likeness (QED) is 0.809. The van der Waals surface area contributed by atoms with E-state index in [4.69, 9.17) is 0 Å². The molecule has 5 heteroatoms. The summed E-state index contributed by atoms with van der Waals surface area (Å²) in [4.78, 5) is 27.9. The van der Waals surface area contributed by atoms with Crippen LogP contribution in [0, 0.1) is 11.8 Å². The molecule has 0 saturated carbocycles. The highest BCUT2D eigenvalue weighted by Gasteiger charge is 2.41. The van der Waals surface area contributed by atoms with Crippen LogP contribution in [-0.2, 0) is 9.59 Å². The van der Waals surface area contributed by atoms with Crippen molar-refractivity contribution in [3.8, 4) is 0 Å². The SMILES string of the molecule is CC1CCN(C(=O)C2CC(=O)N(C(C)C)C2)C1CO. The fourth-order valence-electron chi connectivity index (χ4n) is 3.19. The van der Waals surface area contributed by atoms with E-state index in [0.29, 0.717) is 25.4 Å². The molecule has 0 radical (unpaired) electrons. The minimum absolute atomic E-state index is 0.0153. The van der Waals surface area contributed by atoms with Crippen LogP contribution < -0.4 is 0 Å². The molecular formula is C14H24N2O3. The summed E-state index contributed by atoms with van der Waals surface area (Å²) in [7, 11) is 0. The molecule has 1 N–H and O–H groups in total. The maximum absolute atomic E-state index is 12.5. The Morgan fingerprint density at radius 1 is 1.47 bits per heavy atom. The summed E-state index contributed by atoms with van der Waals surface area (Å²) in [6.45, 7) is 7.25. The van der Waals surface area contributed by atoms with Gasteiger partial charge in [0.25, 0.3) is 0 Å². The van der Waals surface area contributed by atoms with Crippen molar-refractivity contribution in [3.63, 3.8) is 0 Å². The molecular weight excluding hydrogens is 244 g/mol. The molecule has 108 valence electrons. The van der Waals surface area contributed by atoms with E-state index in [0.717, 1.165) is 6.42 Å². The normalized spacial score (nSPS) is 31.6. The van der Waals surface area contributed by atoms with Gasteiger partial charge in [-0.05, 0) is 26.2 Å². The summed E-state index contributed by atoms with van der Waals surface area (Å²) in [5, 5.41) is 9.42. The van der Waals surface area contributed by atoms with Gasteiger partial charge in [0.05, 0.1) is 18.6 Å². The number of amides is 2. The first-order chi connectivity index (χ1) is 8.95. The third-order valence-corrected chi connectivity index (χ3v) is 4.48. The first kappa shape index (κ1) is 14.3. The van der Waals surface area contributed by atoms with Crippen LogP contribution >= 0.6 is 0 Å². The first-order valence-electron chi connectivity index (χ1n) is 7.16. The number of hydrogen-bond acceptors (Lipinski definition) is 3. The van der Waals surface area contributed by atoms with E-state index in [2.05, 4.69) is 6.92 Å². The van der Waals surface area contributed by atoms with Crippen molar-refractivity contribution in [2.75, 3.05) is 19.7 Å². The third-order valence-electron chi connectivity index (χ3n) is 4.48. The predicted molar refractivity (Wildman–Crippen MR) is 71.3 cm³/mol. The van der Waals surface area contributed by atoms with E-state index in [9.17, 15) is 14.7 Å². The molecule has 0 bridgehead atoms. The summed E-state index contributed by atoms with van der Waals surface area (Å²) in [6, 6.07) is 0.0761. The summed E-state index contributed by atoms with van der Waals surface area (Å²) in [5.41, 5.74) is 0. The van der Waals surface area contributed by atoms with Crippen LogP contribution in [0.2, 0.25) is 0 Å². The second kappa shape index (κ2) is 5.49. The van der Waals surface area contributed by atoms with Crippen molar-refractivity contribution in [3.05, 3.63) is 0 Å². The van der Waals surface area contributed by atoms with E-state index in [1.807, 2.05) is 13.8 Å². The molecule has 3 unspecified atom stereocenters. The van der Waals surface area contributed by atoms with E-state index < -0.39 is 0 Å². The average molecular weight is 268 g/mol. The Balaban J connectivity index is 2.03. The van der Waals surface area contributed by atoms with Crippen LogP contribution in [0.4, 0.5) is 0 Å².